The molecule has 0 aliphatic rings. The minimum atomic E-state index is 0.610. The van der Waals surface area contributed by atoms with Gasteiger partial charge in [-0.3, -0.25) is 0 Å². The zero-order valence-electron chi connectivity index (χ0n) is 37.0. The van der Waals surface area contributed by atoms with Gasteiger partial charge in [-0.05, 0) is 111 Å². The van der Waals surface area contributed by atoms with Crippen LogP contribution in [0.1, 0.15) is 0 Å². The van der Waals surface area contributed by atoms with Gasteiger partial charge < -0.3 is 9.13 Å². The van der Waals surface area contributed by atoms with Crippen LogP contribution in [0.5, 0.6) is 0 Å². The molecule has 0 amide bonds. The van der Waals surface area contributed by atoms with E-state index in [0.29, 0.717) is 17.5 Å². The van der Waals surface area contributed by atoms with Gasteiger partial charge in [0.25, 0.3) is 0 Å². The molecular formula is C63H37N5S. The Kier molecular flexibility index (Phi) is 8.17. The number of rotatable bonds is 5. The molecule has 0 aliphatic heterocycles. The summed E-state index contributed by atoms with van der Waals surface area (Å²) in [5.41, 5.74) is 9.47. The van der Waals surface area contributed by atoms with E-state index >= 15 is 0 Å². The highest BCUT2D eigenvalue weighted by Crippen LogP contribution is 2.45. The highest BCUT2D eigenvalue weighted by Gasteiger charge is 2.23. The first-order valence-electron chi connectivity index (χ1n) is 23.3. The Bertz CT molecular complexity index is 4610. The number of nitrogens with zero attached hydrogens (tertiary/aromatic N) is 5. The lowest BCUT2D eigenvalue weighted by atomic mass is 10.0. The summed E-state index contributed by atoms with van der Waals surface area (Å²) in [7, 11) is 0. The van der Waals surface area contributed by atoms with Crippen LogP contribution in [0, 0.1) is 0 Å². The third-order valence-electron chi connectivity index (χ3n) is 14.1. The molecule has 5 nitrogen and oxygen atoms in total. The maximum Gasteiger partial charge on any atom is 0.166 e. The molecule has 0 saturated heterocycles. The van der Waals surface area contributed by atoms with Crippen molar-refractivity contribution in [2.45, 2.75) is 0 Å². The van der Waals surface area contributed by atoms with E-state index in [9.17, 15) is 0 Å². The summed E-state index contributed by atoms with van der Waals surface area (Å²) in [6.07, 6.45) is 0. The van der Waals surface area contributed by atoms with E-state index in [0.717, 1.165) is 66.3 Å². The van der Waals surface area contributed by atoms with Crippen LogP contribution in [-0.4, -0.2) is 24.1 Å². The Morgan fingerprint density at radius 3 is 1.57 bits per heavy atom. The van der Waals surface area contributed by atoms with E-state index in [1.54, 1.807) is 0 Å². The molecule has 15 rings (SSSR count). The van der Waals surface area contributed by atoms with Crippen molar-refractivity contribution in [1.82, 2.24) is 24.1 Å². The number of para-hydroxylation sites is 3. The van der Waals surface area contributed by atoms with Gasteiger partial charge in [0.05, 0.1) is 27.8 Å². The van der Waals surface area contributed by atoms with E-state index in [1.165, 1.54) is 57.9 Å². The average Bonchev–Trinajstić information content (AvgIpc) is 4.05. The molecule has 0 saturated carbocycles. The Labute approximate surface area is 399 Å². The second-order valence-corrected chi connectivity index (χ2v) is 19.1. The predicted molar refractivity (Wildman–Crippen MR) is 290 cm³/mol. The number of thiophene rings is 1. The maximum atomic E-state index is 5.59. The van der Waals surface area contributed by atoms with Gasteiger partial charge in [0.15, 0.2) is 17.5 Å². The van der Waals surface area contributed by atoms with Gasteiger partial charge in [0, 0.05) is 64.1 Å². The smallest absolute Gasteiger partial charge is 0.166 e. The lowest BCUT2D eigenvalue weighted by Crippen LogP contribution is -2.04. The van der Waals surface area contributed by atoms with Crippen LogP contribution in [0.3, 0.4) is 0 Å². The van der Waals surface area contributed by atoms with Crippen molar-refractivity contribution >= 4 is 107 Å². The molecule has 4 heterocycles. The van der Waals surface area contributed by atoms with Crippen molar-refractivity contribution in [3.05, 3.63) is 224 Å². The molecule has 0 N–H and O–H groups in total. The molecule has 11 aromatic carbocycles. The Morgan fingerprint density at radius 1 is 0.290 bits per heavy atom. The number of aromatic nitrogens is 5. The first-order valence-corrected chi connectivity index (χ1v) is 24.2. The molecule has 15 aromatic rings. The summed E-state index contributed by atoms with van der Waals surface area (Å²) in [6.45, 7) is 0. The number of hydrogen-bond donors (Lipinski definition) is 0. The van der Waals surface area contributed by atoms with Gasteiger partial charge in [-0.25, -0.2) is 15.0 Å². The van der Waals surface area contributed by atoms with Crippen LogP contribution < -0.4 is 0 Å². The minimum absolute atomic E-state index is 0.610. The summed E-state index contributed by atoms with van der Waals surface area (Å²) in [4.78, 5) is 16.6. The zero-order chi connectivity index (χ0) is 45.2. The van der Waals surface area contributed by atoms with Gasteiger partial charge in [-0.1, -0.05) is 146 Å². The molecule has 4 aromatic heterocycles. The fourth-order valence-corrected chi connectivity index (χ4v) is 12.1. The third kappa shape index (κ3) is 5.86. The Hall–Kier alpha value is -8.97. The fraction of sp³-hybridized carbons (Fsp3) is 0. The lowest BCUT2D eigenvalue weighted by Gasteiger charge is -2.16. The highest BCUT2D eigenvalue weighted by molar-refractivity contribution is 7.26. The summed E-state index contributed by atoms with van der Waals surface area (Å²) in [6, 6.07) is 81.0. The van der Waals surface area contributed by atoms with Gasteiger partial charge in [-0.2, -0.15) is 0 Å². The molecule has 0 unspecified atom stereocenters. The molecule has 320 valence electrons. The second kappa shape index (κ2) is 14.8. The molecule has 0 bridgehead atoms. The molecular weight excluding hydrogens is 859 g/mol. The third-order valence-corrected chi connectivity index (χ3v) is 15.2. The largest absolute Gasteiger partial charge is 0.309 e. The minimum Gasteiger partial charge on any atom is -0.309 e. The van der Waals surface area contributed by atoms with Gasteiger partial charge in [0.1, 0.15) is 0 Å². The van der Waals surface area contributed by atoms with Crippen LogP contribution in [0.25, 0.3) is 142 Å². The number of benzene rings is 11. The molecule has 0 aliphatic carbocycles. The molecule has 0 atom stereocenters. The maximum absolute atomic E-state index is 5.59. The molecule has 6 heteroatoms. The van der Waals surface area contributed by atoms with Crippen LogP contribution in [-0.2, 0) is 0 Å². The summed E-state index contributed by atoms with van der Waals surface area (Å²) in [5, 5.41) is 14.2. The topological polar surface area (TPSA) is 48.5 Å². The van der Waals surface area contributed by atoms with E-state index in [2.05, 4.69) is 234 Å². The standard InChI is InChI=1S/C63H37N5S/c1-2-21-44(22-3-1)67-54-27-12-10-24-46(54)49-33-43(29-30-56(49)67)61-64-62(48-26-14-20-38-15-8-9-23-45(38)48)66-63(65-61)53-36-52-51-32-40-17-5-7-19-42(40)35-59(51)69-60(52)37-58(53)68-55-28-13-11-25-47(55)50-31-39-16-4-6-18-41(39)34-57(50)68/h1-37H. The van der Waals surface area contributed by atoms with Crippen molar-refractivity contribution < 1.29 is 0 Å². The van der Waals surface area contributed by atoms with Crippen molar-refractivity contribution in [2.24, 2.45) is 0 Å². The van der Waals surface area contributed by atoms with Gasteiger partial charge in [-0.15, -0.1) is 11.3 Å². The van der Waals surface area contributed by atoms with Crippen molar-refractivity contribution in [2.75, 3.05) is 0 Å². The van der Waals surface area contributed by atoms with E-state index < -0.39 is 0 Å². The second-order valence-electron chi connectivity index (χ2n) is 18.0. The number of fused-ring (bicyclic) bond motifs is 12. The summed E-state index contributed by atoms with van der Waals surface area (Å²) >= 11 is 1.84. The SMILES string of the molecule is c1ccc(-n2c3ccccc3c3cc(-c4nc(-c5cc6c(cc5-n5c7ccccc7c7cc8ccccc8cc75)sc5cc7ccccc7cc56)nc(-c5cccc6ccccc56)n4)ccc32)cc1. The number of hydrogen-bond acceptors (Lipinski definition) is 4. The summed E-state index contributed by atoms with van der Waals surface area (Å²) in [5.74, 6) is 1.85. The van der Waals surface area contributed by atoms with Crippen LogP contribution in [0.4, 0.5) is 0 Å². The van der Waals surface area contributed by atoms with Crippen LogP contribution in [0.2, 0.25) is 0 Å². The van der Waals surface area contributed by atoms with Crippen LogP contribution >= 0.6 is 11.3 Å². The van der Waals surface area contributed by atoms with Gasteiger partial charge >= 0.3 is 0 Å². The van der Waals surface area contributed by atoms with Crippen LogP contribution in [0.15, 0.2) is 224 Å². The van der Waals surface area contributed by atoms with E-state index in [1.807, 2.05) is 11.3 Å². The predicted octanol–water partition coefficient (Wildman–Crippen LogP) is 16.9. The average molecular weight is 896 g/mol. The molecule has 69 heavy (non-hydrogen) atoms. The highest BCUT2D eigenvalue weighted by atomic mass is 32.1. The fourth-order valence-electron chi connectivity index (χ4n) is 10.9. The summed E-state index contributed by atoms with van der Waals surface area (Å²) < 4.78 is 7.24. The molecule has 0 spiro atoms. The normalized spacial score (nSPS) is 12.1. The van der Waals surface area contributed by atoms with Crippen molar-refractivity contribution in [3.8, 4) is 45.5 Å². The lowest BCUT2D eigenvalue weighted by molar-refractivity contribution is 1.07. The van der Waals surface area contributed by atoms with Crippen molar-refractivity contribution in [3.63, 3.8) is 0 Å². The van der Waals surface area contributed by atoms with Gasteiger partial charge in [0.2, 0.25) is 0 Å². The monoisotopic (exact) mass is 895 g/mol. The first kappa shape index (κ1) is 38.2. The van der Waals surface area contributed by atoms with E-state index in [-0.39, 0.29) is 0 Å². The quantitative estimate of drug-likeness (QED) is 0.173. The molecule has 0 fully saturated rings. The first-order chi connectivity index (χ1) is 34.2. The Morgan fingerprint density at radius 2 is 0.812 bits per heavy atom. The zero-order valence-corrected chi connectivity index (χ0v) is 37.8. The Balaban J connectivity index is 1.06. The molecule has 0 radical (unpaired) electrons. The van der Waals surface area contributed by atoms with E-state index in [4.69, 9.17) is 15.0 Å². The van der Waals surface area contributed by atoms with Crippen molar-refractivity contribution in [1.29, 1.82) is 0 Å².